The summed E-state index contributed by atoms with van der Waals surface area (Å²) in [6.07, 6.45) is 3.52. The number of hydrogen-bond acceptors (Lipinski definition) is 3. The van der Waals surface area contributed by atoms with Gasteiger partial charge in [0.15, 0.2) is 0 Å². The first-order valence-corrected chi connectivity index (χ1v) is 8.80. The van der Waals surface area contributed by atoms with Crippen molar-refractivity contribution in [1.29, 1.82) is 0 Å². The highest BCUT2D eigenvalue weighted by Gasteiger charge is 2.39. The highest BCUT2D eigenvalue weighted by molar-refractivity contribution is 7.89. The molecule has 3 N–H and O–H groups in total. The highest BCUT2D eigenvalue weighted by Crippen LogP contribution is 2.37. The number of hydrogen-bond donors (Lipinski definition) is 2. The van der Waals surface area contributed by atoms with Gasteiger partial charge in [-0.25, -0.2) is 13.1 Å². The van der Waals surface area contributed by atoms with E-state index in [4.69, 9.17) is 28.9 Å². The molecule has 0 unspecified atom stereocenters. The van der Waals surface area contributed by atoms with E-state index in [1.54, 1.807) is 0 Å². The minimum absolute atomic E-state index is 0.0451. The lowest BCUT2D eigenvalue weighted by Gasteiger charge is -2.41. The van der Waals surface area contributed by atoms with Gasteiger partial charge in [0.25, 0.3) is 0 Å². The predicted molar refractivity (Wildman–Crippen MR) is 81.5 cm³/mol. The molecule has 0 aliphatic heterocycles. The first-order valence-electron chi connectivity index (χ1n) is 6.56. The van der Waals surface area contributed by atoms with Crippen LogP contribution in [0.3, 0.4) is 0 Å². The standard InChI is InChI=1S/C13H18Cl2N2O2S/c1-2-13(6-3-7-13)17-20(18,19)11-5-4-10(14)9(8-16)12(11)15/h4-5,17H,2-3,6-8,16H2,1H3. The second-order valence-electron chi connectivity index (χ2n) is 5.14. The third kappa shape index (κ3) is 2.83. The summed E-state index contributed by atoms with van der Waals surface area (Å²) in [5.41, 5.74) is 5.70. The van der Waals surface area contributed by atoms with Crippen LogP contribution in [0.1, 0.15) is 38.2 Å². The molecule has 20 heavy (non-hydrogen) atoms. The van der Waals surface area contributed by atoms with Crippen molar-refractivity contribution in [2.75, 3.05) is 0 Å². The molecule has 4 nitrogen and oxygen atoms in total. The first kappa shape index (κ1) is 16.0. The molecule has 0 aromatic heterocycles. The van der Waals surface area contributed by atoms with Gasteiger partial charge in [-0.15, -0.1) is 0 Å². The fourth-order valence-electron chi connectivity index (χ4n) is 2.44. The van der Waals surface area contributed by atoms with Crippen LogP contribution in [0.15, 0.2) is 17.0 Å². The largest absolute Gasteiger partial charge is 0.326 e. The normalized spacial score (nSPS) is 17.8. The van der Waals surface area contributed by atoms with E-state index in [1.807, 2.05) is 6.92 Å². The number of sulfonamides is 1. The Hall–Kier alpha value is -0.330. The molecule has 112 valence electrons. The van der Waals surface area contributed by atoms with Crippen molar-refractivity contribution < 1.29 is 8.42 Å². The van der Waals surface area contributed by atoms with E-state index in [9.17, 15) is 8.42 Å². The van der Waals surface area contributed by atoms with E-state index in [0.717, 1.165) is 25.7 Å². The molecule has 1 fully saturated rings. The van der Waals surface area contributed by atoms with Crippen molar-refractivity contribution in [3.8, 4) is 0 Å². The molecule has 0 spiro atoms. The molecule has 0 heterocycles. The second kappa shape index (κ2) is 5.81. The van der Waals surface area contributed by atoms with Gasteiger partial charge >= 0.3 is 0 Å². The highest BCUT2D eigenvalue weighted by atomic mass is 35.5. The molecule has 1 aromatic rings. The van der Waals surface area contributed by atoms with Gasteiger partial charge < -0.3 is 5.73 Å². The lowest BCUT2D eigenvalue weighted by Crippen LogP contribution is -2.52. The van der Waals surface area contributed by atoms with Crippen molar-refractivity contribution >= 4 is 33.2 Å². The van der Waals surface area contributed by atoms with E-state index < -0.39 is 10.0 Å². The maximum Gasteiger partial charge on any atom is 0.242 e. The molecular weight excluding hydrogens is 319 g/mol. The summed E-state index contributed by atoms with van der Waals surface area (Å²) < 4.78 is 27.8. The summed E-state index contributed by atoms with van der Waals surface area (Å²) in [7, 11) is -3.67. The zero-order valence-corrected chi connectivity index (χ0v) is 13.6. The predicted octanol–water partition coefficient (Wildman–Crippen LogP) is 3.06. The summed E-state index contributed by atoms with van der Waals surface area (Å²) in [4.78, 5) is 0.0451. The average molecular weight is 337 g/mol. The molecule has 0 bridgehead atoms. The van der Waals surface area contributed by atoms with Crippen molar-refractivity contribution in [1.82, 2.24) is 4.72 Å². The van der Waals surface area contributed by atoms with E-state index >= 15 is 0 Å². The van der Waals surface area contributed by atoms with Gasteiger partial charge in [-0.3, -0.25) is 0 Å². The van der Waals surface area contributed by atoms with Gasteiger partial charge in [-0.1, -0.05) is 30.1 Å². The van der Waals surface area contributed by atoms with Gasteiger partial charge in [-0.05, 0) is 37.8 Å². The summed E-state index contributed by atoms with van der Waals surface area (Å²) in [5, 5.41) is 0.489. The smallest absolute Gasteiger partial charge is 0.242 e. The number of nitrogens with one attached hydrogen (secondary N) is 1. The Morgan fingerprint density at radius 2 is 2.00 bits per heavy atom. The molecule has 1 saturated carbocycles. The van der Waals surface area contributed by atoms with Crippen LogP contribution in [0.25, 0.3) is 0 Å². The Labute approximate surface area is 129 Å². The lowest BCUT2D eigenvalue weighted by molar-refractivity contribution is 0.214. The lowest BCUT2D eigenvalue weighted by atomic mass is 9.76. The maximum absolute atomic E-state index is 12.5. The molecule has 0 saturated heterocycles. The van der Waals surface area contributed by atoms with Crippen LogP contribution in [0.5, 0.6) is 0 Å². The van der Waals surface area contributed by atoms with Crippen LogP contribution in [0.4, 0.5) is 0 Å². The molecule has 0 atom stereocenters. The van der Waals surface area contributed by atoms with E-state index in [1.165, 1.54) is 12.1 Å². The van der Waals surface area contributed by atoms with Gasteiger partial charge in [0.2, 0.25) is 10.0 Å². The molecule has 1 aromatic carbocycles. The maximum atomic E-state index is 12.5. The Balaban J connectivity index is 2.40. The van der Waals surface area contributed by atoms with Gasteiger partial charge in [-0.2, -0.15) is 0 Å². The van der Waals surface area contributed by atoms with Crippen molar-refractivity contribution in [2.24, 2.45) is 5.73 Å². The molecule has 1 aliphatic rings. The van der Waals surface area contributed by atoms with E-state index in [2.05, 4.69) is 4.72 Å². The molecule has 0 radical (unpaired) electrons. The van der Waals surface area contributed by atoms with Gasteiger partial charge in [0, 0.05) is 22.7 Å². The van der Waals surface area contributed by atoms with Crippen LogP contribution in [-0.4, -0.2) is 14.0 Å². The monoisotopic (exact) mass is 336 g/mol. The number of halogens is 2. The first-order chi connectivity index (χ1) is 9.35. The summed E-state index contributed by atoms with van der Waals surface area (Å²) in [6.45, 7) is 2.08. The van der Waals surface area contributed by atoms with E-state index in [0.29, 0.717) is 10.6 Å². The zero-order valence-electron chi connectivity index (χ0n) is 11.2. The molecule has 1 aliphatic carbocycles. The number of rotatable bonds is 5. The van der Waals surface area contributed by atoms with Crippen molar-refractivity contribution in [3.63, 3.8) is 0 Å². The summed E-state index contributed by atoms with van der Waals surface area (Å²) in [5.74, 6) is 0. The Morgan fingerprint density at radius 1 is 1.35 bits per heavy atom. The number of nitrogens with two attached hydrogens (primary N) is 1. The molecule has 2 rings (SSSR count). The second-order valence-corrected chi connectivity index (χ2v) is 7.57. The van der Waals surface area contributed by atoms with E-state index in [-0.39, 0.29) is 22.0 Å². The quantitative estimate of drug-likeness (QED) is 0.867. The van der Waals surface area contributed by atoms with Gasteiger partial charge in [0.05, 0.1) is 5.02 Å². The topological polar surface area (TPSA) is 72.2 Å². The van der Waals surface area contributed by atoms with Crippen molar-refractivity contribution in [2.45, 2.75) is 49.6 Å². The van der Waals surface area contributed by atoms with Crippen LogP contribution < -0.4 is 10.5 Å². The Bertz CT molecular complexity index is 608. The Kier molecular flexibility index (Phi) is 4.66. The van der Waals surface area contributed by atoms with Gasteiger partial charge in [0.1, 0.15) is 4.90 Å². The minimum atomic E-state index is -3.67. The summed E-state index contributed by atoms with van der Waals surface area (Å²) >= 11 is 12.1. The third-order valence-corrected chi connectivity index (χ3v) is 6.50. The minimum Gasteiger partial charge on any atom is -0.326 e. The van der Waals surface area contributed by atoms with Crippen LogP contribution in [0, 0.1) is 0 Å². The SMILES string of the molecule is CCC1(NS(=O)(=O)c2ccc(Cl)c(CN)c2Cl)CCC1. The van der Waals surface area contributed by atoms with Crippen LogP contribution in [-0.2, 0) is 16.6 Å². The average Bonchev–Trinajstić information content (AvgIpc) is 2.34. The van der Waals surface area contributed by atoms with Crippen molar-refractivity contribution in [3.05, 3.63) is 27.7 Å². The fourth-order valence-corrected chi connectivity index (χ4v) is 4.91. The number of benzene rings is 1. The fraction of sp³-hybridized carbons (Fsp3) is 0.538. The molecular formula is C13H18Cl2N2O2S. The third-order valence-electron chi connectivity index (χ3n) is 3.98. The summed E-state index contributed by atoms with van der Waals surface area (Å²) in [6, 6.07) is 2.94. The molecule has 0 amide bonds. The van der Waals surface area contributed by atoms with Crippen LogP contribution in [0.2, 0.25) is 10.0 Å². The Morgan fingerprint density at radius 3 is 2.45 bits per heavy atom. The zero-order chi connectivity index (χ0) is 15.0. The molecule has 7 heteroatoms. The van der Waals surface area contributed by atoms with Crippen LogP contribution >= 0.6 is 23.2 Å².